The van der Waals surface area contributed by atoms with Crippen molar-refractivity contribution >= 4 is 50.1 Å². The number of hydrogen-bond acceptors (Lipinski definition) is 4. The number of nitrogens with one attached hydrogen (secondary N) is 1. The zero-order valence-corrected chi connectivity index (χ0v) is 19.2. The third-order valence-corrected chi connectivity index (χ3v) is 7.56. The zero-order chi connectivity index (χ0) is 23.2. The van der Waals surface area contributed by atoms with Gasteiger partial charge in [0.25, 0.3) is 10.0 Å². The van der Waals surface area contributed by atoms with Crippen LogP contribution in [0.4, 0.5) is 14.5 Å². The number of anilines is 1. The first-order chi connectivity index (χ1) is 15.1. The minimum absolute atomic E-state index is 0.141. The number of rotatable bonds is 5. The van der Waals surface area contributed by atoms with Crippen LogP contribution in [0.2, 0.25) is 5.02 Å². The summed E-state index contributed by atoms with van der Waals surface area (Å²) in [6.07, 6.45) is 0. The summed E-state index contributed by atoms with van der Waals surface area (Å²) in [4.78, 5) is 12.9. The Kier molecular flexibility index (Phi) is 5.78. The van der Waals surface area contributed by atoms with E-state index < -0.39 is 26.6 Å². The Morgan fingerprint density at radius 2 is 1.56 bits per heavy atom. The number of aryl methyl sites for hydroxylation is 2. The van der Waals surface area contributed by atoms with E-state index in [1.54, 1.807) is 44.4 Å². The van der Waals surface area contributed by atoms with Gasteiger partial charge in [-0.05, 0) is 48.5 Å². The van der Waals surface area contributed by atoms with Gasteiger partial charge in [-0.3, -0.25) is 13.9 Å². The molecule has 0 aliphatic rings. The molecule has 11 heteroatoms. The fourth-order valence-electron chi connectivity index (χ4n) is 3.21. The Hall–Kier alpha value is -2.82. The number of fused-ring (bicyclic) bond motifs is 1. The highest BCUT2D eigenvalue weighted by atomic mass is 35.5. The molecule has 166 valence electrons. The van der Waals surface area contributed by atoms with Gasteiger partial charge >= 0.3 is 5.69 Å². The fourth-order valence-corrected chi connectivity index (χ4v) is 5.45. The predicted molar refractivity (Wildman–Crippen MR) is 121 cm³/mol. The molecule has 1 N–H and O–H groups in total. The molecule has 0 bridgehead atoms. The van der Waals surface area contributed by atoms with Crippen LogP contribution in [0.5, 0.6) is 0 Å². The van der Waals surface area contributed by atoms with Crippen LogP contribution < -0.4 is 10.4 Å². The van der Waals surface area contributed by atoms with E-state index in [0.29, 0.717) is 27.0 Å². The number of nitrogens with zero attached hydrogens (tertiary/aromatic N) is 2. The molecule has 0 spiro atoms. The molecule has 0 atom stereocenters. The normalized spacial score (nSPS) is 11.8. The first-order valence-corrected chi connectivity index (χ1v) is 11.9. The lowest BCUT2D eigenvalue weighted by atomic mass is 10.3. The van der Waals surface area contributed by atoms with Gasteiger partial charge in [-0.1, -0.05) is 23.4 Å². The molecule has 4 aromatic rings. The van der Waals surface area contributed by atoms with Gasteiger partial charge in [0.05, 0.1) is 16.7 Å². The highest BCUT2D eigenvalue weighted by Gasteiger charge is 2.23. The van der Waals surface area contributed by atoms with E-state index in [0.717, 1.165) is 17.0 Å². The highest BCUT2D eigenvalue weighted by molar-refractivity contribution is 7.99. The van der Waals surface area contributed by atoms with Crippen molar-refractivity contribution in [3.8, 4) is 0 Å². The quantitative estimate of drug-likeness (QED) is 0.433. The molecule has 0 aliphatic heterocycles. The van der Waals surface area contributed by atoms with Crippen LogP contribution in [0, 0.1) is 11.6 Å². The van der Waals surface area contributed by atoms with Crippen molar-refractivity contribution in [2.45, 2.75) is 14.7 Å². The van der Waals surface area contributed by atoms with Gasteiger partial charge in [0.2, 0.25) is 0 Å². The number of hydrogen-bond donors (Lipinski definition) is 1. The maximum atomic E-state index is 14.2. The van der Waals surface area contributed by atoms with Crippen molar-refractivity contribution in [1.82, 2.24) is 9.13 Å². The van der Waals surface area contributed by atoms with Crippen LogP contribution in [-0.2, 0) is 24.1 Å². The van der Waals surface area contributed by atoms with Crippen molar-refractivity contribution in [3.05, 3.63) is 81.7 Å². The molecule has 6 nitrogen and oxygen atoms in total. The molecular formula is C21H16ClF2N3O3S2. The van der Waals surface area contributed by atoms with Gasteiger partial charge in [0.15, 0.2) is 0 Å². The smallest absolute Gasteiger partial charge is 0.295 e. The van der Waals surface area contributed by atoms with E-state index in [-0.39, 0.29) is 11.4 Å². The van der Waals surface area contributed by atoms with Gasteiger partial charge in [-0.2, -0.15) is 0 Å². The molecule has 0 fully saturated rings. The number of benzene rings is 3. The molecule has 0 aliphatic carbocycles. The van der Waals surface area contributed by atoms with E-state index in [4.69, 9.17) is 11.6 Å². The largest absolute Gasteiger partial charge is 0.328 e. The molecule has 3 aromatic carbocycles. The number of halogens is 3. The Morgan fingerprint density at radius 1 is 0.938 bits per heavy atom. The van der Waals surface area contributed by atoms with E-state index in [9.17, 15) is 22.0 Å². The summed E-state index contributed by atoms with van der Waals surface area (Å²) in [7, 11) is -1.21. The SMILES string of the molecule is Cn1c(=O)n(C)c2cc(Sc3ccc(Cl)cc3)c(NS(=O)(=O)c3ccc(F)cc3F)cc21. The molecule has 4 rings (SSSR count). The van der Waals surface area contributed by atoms with Gasteiger partial charge < -0.3 is 0 Å². The van der Waals surface area contributed by atoms with Crippen molar-refractivity contribution < 1.29 is 17.2 Å². The average molecular weight is 496 g/mol. The van der Waals surface area contributed by atoms with Crippen molar-refractivity contribution in [2.24, 2.45) is 14.1 Å². The van der Waals surface area contributed by atoms with Crippen LogP contribution in [-0.4, -0.2) is 17.6 Å². The number of aromatic nitrogens is 2. The van der Waals surface area contributed by atoms with E-state index in [1.807, 2.05) is 0 Å². The second-order valence-corrected chi connectivity index (χ2v) is 10.2. The van der Waals surface area contributed by atoms with Crippen LogP contribution >= 0.6 is 23.4 Å². The summed E-state index contributed by atoms with van der Waals surface area (Å²) in [5.74, 6) is -2.10. The van der Waals surface area contributed by atoms with Crippen molar-refractivity contribution in [3.63, 3.8) is 0 Å². The first-order valence-electron chi connectivity index (χ1n) is 9.17. The average Bonchev–Trinajstić information content (AvgIpc) is 2.93. The maximum absolute atomic E-state index is 14.2. The number of sulfonamides is 1. The van der Waals surface area contributed by atoms with E-state index >= 15 is 0 Å². The second-order valence-electron chi connectivity index (χ2n) is 6.97. The molecule has 1 aromatic heterocycles. The monoisotopic (exact) mass is 495 g/mol. The van der Waals surface area contributed by atoms with Gasteiger partial charge in [-0.25, -0.2) is 22.0 Å². The van der Waals surface area contributed by atoms with Crippen LogP contribution in [0.25, 0.3) is 11.0 Å². The lowest BCUT2D eigenvalue weighted by Crippen LogP contribution is -2.19. The van der Waals surface area contributed by atoms with Gasteiger partial charge in [0.1, 0.15) is 16.5 Å². The Bertz CT molecular complexity index is 1510. The summed E-state index contributed by atoms with van der Waals surface area (Å²) in [6.45, 7) is 0. The highest BCUT2D eigenvalue weighted by Crippen LogP contribution is 2.37. The molecule has 0 amide bonds. The lowest BCUT2D eigenvalue weighted by molar-refractivity contribution is 0.551. The van der Waals surface area contributed by atoms with Crippen molar-refractivity contribution in [2.75, 3.05) is 4.72 Å². The Morgan fingerprint density at radius 3 is 2.19 bits per heavy atom. The maximum Gasteiger partial charge on any atom is 0.328 e. The van der Waals surface area contributed by atoms with Crippen molar-refractivity contribution in [1.29, 1.82) is 0 Å². The van der Waals surface area contributed by atoms with Gasteiger partial charge in [-0.15, -0.1) is 0 Å². The van der Waals surface area contributed by atoms with E-state index in [1.165, 1.54) is 27.0 Å². The minimum atomic E-state index is -4.39. The summed E-state index contributed by atoms with van der Waals surface area (Å²) in [5.41, 5.74) is 0.925. The van der Waals surface area contributed by atoms with Crippen LogP contribution in [0.3, 0.4) is 0 Å². The van der Waals surface area contributed by atoms with Gasteiger partial charge in [0, 0.05) is 35.0 Å². The van der Waals surface area contributed by atoms with E-state index in [2.05, 4.69) is 4.72 Å². The summed E-state index contributed by atoms with van der Waals surface area (Å²) >= 11 is 7.18. The molecule has 0 radical (unpaired) electrons. The summed E-state index contributed by atoms with van der Waals surface area (Å²) < 4.78 is 58.4. The third kappa shape index (κ3) is 4.13. The molecule has 0 saturated carbocycles. The third-order valence-electron chi connectivity index (χ3n) is 4.84. The predicted octanol–water partition coefficient (Wildman–Crippen LogP) is 4.76. The summed E-state index contributed by atoms with van der Waals surface area (Å²) in [5, 5.41) is 0.544. The fraction of sp³-hybridized carbons (Fsp3) is 0.0952. The Balaban J connectivity index is 1.86. The topological polar surface area (TPSA) is 73.1 Å². The number of imidazole rings is 1. The summed E-state index contributed by atoms with van der Waals surface area (Å²) in [6, 6.07) is 12.3. The molecule has 32 heavy (non-hydrogen) atoms. The van der Waals surface area contributed by atoms with Crippen LogP contribution in [0.15, 0.2) is 74.1 Å². The minimum Gasteiger partial charge on any atom is -0.295 e. The van der Waals surface area contributed by atoms with Crippen LogP contribution in [0.1, 0.15) is 0 Å². The molecule has 0 unspecified atom stereocenters. The zero-order valence-electron chi connectivity index (χ0n) is 16.8. The standard InChI is InChI=1S/C21H16ClF2N3O3S2/c1-26-17-10-16(25-32(29,30)20-8-5-13(23)9-15(20)24)19(11-18(17)27(2)21(26)28)31-14-6-3-12(22)4-7-14/h3-11,25H,1-2H3. The lowest BCUT2D eigenvalue weighted by Gasteiger charge is -2.14. The molecular weight excluding hydrogens is 480 g/mol. The first kappa shape index (κ1) is 22.4. The molecule has 1 heterocycles. The Labute approximate surface area is 191 Å². The second kappa shape index (κ2) is 8.27. The molecule has 0 saturated heterocycles.